The maximum Gasteiger partial charge on any atom is 0.341 e. The van der Waals surface area contributed by atoms with Gasteiger partial charge in [0.2, 0.25) is 0 Å². The average Bonchev–Trinajstić information content (AvgIpc) is 3.25. The third-order valence-electron chi connectivity index (χ3n) is 3.77. The van der Waals surface area contributed by atoms with Crippen LogP contribution >= 0.6 is 23.6 Å². The molecule has 146 valence electrons. The minimum Gasteiger partial charge on any atom is -0.465 e. The number of aromatic nitrogens is 2. The van der Waals surface area contributed by atoms with E-state index >= 15 is 0 Å². The summed E-state index contributed by atoms with van der Waals surface area (Å²) in [6.07, 6.45) is 4.47. The molecule has 0 aliphatic carbocycles. The number of hydrogen-bond acceptors (Lipinski definition) is 6. The van der Waals surface area contributed by atoms with Crippen LogP contribution in [0.15, 0.2) is 18.5 Å². The van der Waals surface area contributed by atoms with Gasteiger partial charge in [-0.1, -0.05) is 0 Å². The first-order valence-corrected chi connectivity index (χ1v) is 9.53. The number of thiocarbonyl (C=S) groups is 1. The van der Waals surface area contributed by atoms with E-state index in [0.717, 1.165) is 13.0 Å². The third-order valence-corrected chi connectivity index (χ3v) is 5.21. The average molecular weight is 410 g/mol. The molecule has 10 heteroatoms. The van der Waals surface area contributed by atoms with E-state index in [0.29, 0.717) is 32.7 Å². The molecular formula is C17H23N5O3S2. The van der Waals surface area contributed by atoms with Gasteiger partial charge >= 0.3 is 5.97 Å². The largest absolute Gasteiger partial charge is 0.465 e. The number of esters is 1. The predicted molar refractivity (Wildman–Crippen MR) is 109 cm³/mol. The van der Waals surface area contributed by atoms with Crippen molar-refractivity contribution in [3.8, 4) is 0 Å². The van der Waals surface area contributed by atoms with Crippen LogP contribution in [-0.2, 0) is 11.3 Å². The molecule has 0 fully saturated rings. The Morgan fingerprint density at radius 3 is 2.74 bits per heavy atom. The summed E-state index contributed by atoms with van der Waals surface area (Å²) in [6.45, 7) is 3.15. The lowest BCUT2D eigenvalue weighted by Crippen LogP contribution is -2.30. The molecule has 2 aromatic rings. The Balaban J connectivity index is 2.04. The van der Waals surface area contributed by atoms with E-state index in [4.69, 9.17) is 17.0 Å². The summed E-state index contributed by atoms with van der Waals surface area (Å²) in [4.78, 5) is 26.5. The van der Waals surface area contributed by atoms with E-state index in [1.807, 2.05) is 16.9 Å². The van der Waals surface area contributed by atoms with E-state index in [1.165, 1.54) is 23.3 Å². The molecule has 0 saturated carbocycles. The number of aryl methyl sites for hydroxylation is 1. The topological polar surface area (TPSA) is 88.5 Å². The Hall–Kier alpha value is -2.46. The van der Waals surface area contributed by atoms with Gasteiger partial charge in [0.05, 0.1) is 17.6 Å². The molecular weight excluding hydrogens is 386 g/mol. The number of carbonyl (C=O) groups is 2. The van der Waals surface area contributed by atoms with Crippen LogP contribution in [0.1, 0.15) is 32.0 Å². The standard InChI is InChI=1S/C17H23N5O3S2/c1-11-12(16(24)25-4)14(27-13(11)15(23)21(2)3)20-17(26)18-7-5-9-22-10-6-8-19-22/h6,8,10H,5,7,9H2,1-4H3,(H2,18,20,26). The first-order chi connectivity index (χ1) is 12.8. The van der Waals surface area contributed by atoms with E-state index in [2.05, 4.69) is 15.7 Å². The van der Waals surface area contributed by atoms with Crippen LogP contribution in [0, 0.1) is 6.92 Å². The van der Waals surface area contributed by atoms with Crippen molar-refractivity contribution in [2.24, 2.45) is 0 Å². The molecule has 2 heterocycles. The van der Waals surface area contributed by atoms with Crippen LogP contribution in [-0.4, -0.2) is 59.4 Å². The van der Waals surface area contributed by atoms with Gasteiger partial charge in [0.25, 0.3) is 5.91 Å². The highest BCUT2D eigenvalue weighted by Gasteiger charge is 2.26. The van der Waals surface area contributed by atoms with Gasteiger partial charge in [-0.15, -0.1) is 11.3 Å². The number of methoxy groups -OCH3 is 1. The highest BCUT2D eigenvalue weighted by atomic mass is 32.1. The molecule has 1 amide bonds. The Morgan fingerprint density at radius 2 is 2.15 bits per heavy atom. The summed E-state index contributed by atoms with van der Waals surface area (Å²) in [5, 5.41) is 11.1. The van der Waals surface area contributed by atoms with Gasteiger partial charge in [0, 0.05) is 39.6 Å². The minimum absolute atomic E-state index is 0.172. The molecule has 0 atom stereocenters. The minimum atomic E-state index is -0.509. The predicted octanol–water partition coefficient (Wildman–Crippen LogP) is 2.12. The van der Waals surface area contributed by atoms with E-state index in [1.54, 1.807) is 27.2 Å². The summed E-state index contributed by atoms with van der Waals surface area (Å²) >= 11 is 6.50. The van der Waals surface area contributed by atoms with Crippen LogP contribution in [0.25, 0.3) is 0 Å². The number of ether oxygens (including phenoxy) is 1. The Kier molecular flexibility index (Phi) is 7.31. The molecule has 0 radical (unpaired) electrons. The van der Waals surface area contributed by atoms with Gasteiger partial charge in [0.1, 0.15) is 5.00 Å². The lowest BCUT2D eigenvalue weighted by molar-refractivity contribution is 0.0601. The second-order valence-electron chi connectivity index (χ2n) is 5.96. The van der Waals surface area contributed by atoms with Crippen LogP contribution in [0.5, 0.6) is 0 Å². The van der Waals surface area contributed by atoms with E-state index < -0.39 is 5.97 Å². The second kappa shape index (κ2) is 9.47. The quantitative estimate of drug-likeness (QED) is 0.411. The maximum absolute atomic E-state index is 12.4. The zero-order valence-corrected chi connectivity index (χ0v) is 17.4. The van der Waals surface area contributed by atoms with E-state index in [-0.39, 0.29) is 5.91 Å². The van der Waals surface area contributed by atoms with Crippen molar-refractivity contribution in [3.05, 3.63) is 34.5 Å². The van der Waals surface area contributed by atoms with Gasteiger partial charge in [-0.2, -0.15) is 5.10 Å². The van der Waals surface area contributed by atoms with Crippen molar-refractivity contribution in [2.75, 3.05) is 33.1 Å². The highest BCUT2D eigenvalue weighted by Crippen LogP contribution is 2.34. The van der Waals surface area contributed by atoms with Crippen molar-refractivity contribution >= 4 is 45.5 Å². The van der Waals surface area contributed by atoms with E-state index in [9.17, 15) is 9.59 Å². The smallest absolute Gasteiger partial charge is 0.341 e. The van der Waals surface area contributed by atoms with Crippen molar-refractivity contribution in [2.45, 2.75) is 19.9 Å². The number of anilines is 1. The number of nitrogens with zero attached hydrogens (tertiary/aromatic N) is 3. The number of rotatable bonds is 7. The van der Waals surface area contributed by atoms with Gasteiger partial charge in [-0.25, -0.2) is 4.79 Å². The summed E-state index contributed by atoms with van der Waals surface area (Å²) in [5.74, 6) is -0.681. The van der Waals surface area contributed by atoms with Gasteiger partial charge < -0.3 is 20.3 Å². The van der Waals surface area contributed by atoms with Crippen LogP contribution < -0.4 is 10.6 Å². The zero-order valence-electron chi connectivity index (χ0n) is 15.7. The zero-order chi connectivity index (χ0) is 20.0. The van der Waals surface area contributed by atoms with Crippen molar-refractivity contribution < 1.29 is 14.3 Å². The number of hydrogen-bond donors (Lipinski definition) is 2. The monoisotopic (exact) mass is 409 g/mol. The van der Waals surface area contributed by atoms with Gasteiger partial charge in [-0.3, -0.25) is 9.48 Å². The molecule has 2 aromatic heterocycles. The van der Waals surface area contributed by atoms with Crippen LogP contribution in [0.3, 0.4) is 0 Å². The molecule has 2 rings (SSSR count). The molecule has 0 spiro atoms. The summed E-state index contributed by atoms with van der Waals surface area (Å²) in [6, 6.07) is 1.87. The SMILES string of the molecule is COC(=O)c1c(NC(=S)NCCCn2cccn2)sc(C(=O)N(C)C)c1C. The molecule has 0 aromatic carbocycles. The highest BCUT2D eigenvalue weighted by molar-refractivity contribution is 7.80. The molecule has 0 bridgehead atoms. The lowest BCUT2D eigenvalue weighted by Gasteiger charge is -2.10. The molecule has 27 heavy (non-hydrogen) atoms. The normalized spacial score (nSPS) is 10.4. The third kappa shape index (κ3) is 5.27. The summed E-state index contributed by atoms with van der Waals surface area (Å²) in [7, 11) is 4.64. The molecule has 2 N–H and O–H groups in total. The van der Waals surface area contributed by atoms with Crippen molar-refractivity contribution in [1.29, 1.82) is 0 Å². The number of carbonyl (C=O) groups excluding carboxylic acids is 2. The Labute approximate surface area is 167 Å². The first-order valence-electron chi connectivity index (χ1n) is 8.30. The first kappa shape index (κ1) is 20.8. The molecule has 8 nitrogen and oxygen atoms in total. The van der Waals surface area contributed by atoms with Crippen LogP contribution in [0.4, 0.5) is 5.00 Å². The van der Waals surface area contributed by atoms with Crippen molar-refractivity contribution in [1.82, 2.24) is 20.0 Å². The Morgan fingerprint density at radius 1 is 1.41 bits per heavy atom. The van der Waals surface area contributed by atoms with Crippen molar-refractivity contribution in [3.63, 3.8) is 0 Å². The second-order valence-corrected chi connectivity index (χ2v) is 7.38. The Bertz CT molecular complexity index is 815. The fourth-order valence-electron chi connectivity index (χ4n) is 2.38. The molecule has 0 saturated heterocycles. The van der Waals surface area contributed by atoms with Gasteiger partial charge in [-0.05, 0) is 37.2 Å². The lowest BCUT2D eigenvalue weighted by atomic mass is 10.1. The molecule has 0 aliphatic rings. The maximum atomic E-state index is 12.4. The number of thiophene rings is 1. The number of nitrogens with one attached hydrogen (secondary N) is 2. The molecule has 0 aliphatic heterocycles. The number of amides is 1. The van der Waals surface area contributed by atoms with Crippen LogP contribution in [0.2, 0.25) is 0 Å². The fourth-order valence-corrected chi connectivity index (χ4v) is 3.87. The van der Waals surface area contributed by atoms with Gasteiger partial charge in [0.15, 0.2) is 5.11 Å². The molecule has 0 unspecified atom stereocenters. The summed E-state index contributed by atoms with van der Waals surface area (Å²) < 4.78 is 6.70. The fraction of sp³-hybridized carbons (Fsp3) is 0.412. The summed E-state index contributed by atoms with van der Waals surface area (Å²) in [5.41, 5.74) is 0.905.